The van der Waals surface area contributed by atoms with Crippen molar-refractivity contribution >= 4 is 18.1 Å². The Balaban J connectivity index is 2.07. The molecular formula is C15H13BN4O3. The third-order valence-corrected chi connectivity index (χ3v) is 3.42. The summed E-state index contributed by atoms with van der Waals surface area (Å²) in [6.07, 6.45) is 4.13. The van der Waals surface area contributed by atoms with Crippen LogP contribution in [-0.4, -0.2) is 31.8 Å². The molecule has 0 aromatic carbocycles. The van der Waals surface area contributed by atoms with Gasteiger partial charge in [0, 0.05) is 17.9 Å². The van der Waals surface area contributed by atoms with Crippen molar-refractivity contribution in [1.82, 2.24) is 14.6 Å². The van der Waals surface area contributed by atoms with Crippen molar-refractivity contribution in [1.29, 1.82) is 5.26 Å². The van der Waals surface area contributed by atoms with Crippen LogP contribution in [0.25, 0.3) is 5.52 Å². The molecule has 7 nitrogen and oxygen atoms in total. The highest BCUT2D eigenvalue weighted by atomic mass is 16.5. The Morgan fingerprint density at radius 1 is 1.39 bits per heavy atom. The van der Waals surface area contributed by atoms with Crippen LogP contribution in [0.15, 0.2) is 42.9 Å². The average Bonchev–Trinajstić information content (AvgIpc) is 2.99. The largest absolute Gasteiger partial charge is 0.490 e. The average molecular weight is 308 g/mol. The molecule has 8 heteroatoms. The first kappa shape index (κ1) is 15.0. The summed E-state index contributed by atoms with van der Waals surface area (Å²) in [4.78, 5) is 4.23. The van der Waals surface area contributed by atoms with Crippen LogP contribution in [0.3, 0.4) is 0 Å². The number of rotatable bonds is 4. The molecule has 0 unspecified atom stereocenters. The smallest absolute Gasteiger partial charge is 0.482 e. The van der Waals surface area contributed by atoms with E-state index in [2.05, 4.69) is 10.1 Å². The fraction of sp³-hybridized carbons (Fsp3) is 0.133. The maximum atomic E-state index is 9.40. The Kier molecular flexibility index (Phi) is 3.97. The van der Waals surface area contributed by atoms with Crippen molar-refractivity contribution in [2.45, 2.75) is 13.0 Å². The minimum absolute atomic E-state index is 0.216. The van der Waals surface area contributed by atoms with Crippen LogP contribution < -0.4 is 10.2 Å². The molecule has 0 aliphatic rings. The van der Waals surface area contributed by atoms with Gasteiger partial charge in [-0.3, -0.25) is 4.98 Å². The van der Waals surface area contributed by atoms with E-state index in [1.807, 2.05) is 31.2 Å². The van der Waals surface area contributed by atoms with E-state index in [-0.39, 0.29) is 11.6 Å². The molecule has 0 bridgehead atoms. The Bertz CT molecular complexity index is 874. The van der Waals surface area contributed by atoms with Gasteiger partial charge in [0.05, 0.1) is 11.9 Å². The van der Waals surface area contributed by atoms with Gasteiger partial charge in [0.25, 0.3) is 0 Å². The highest BCUT2D eigenvalue weighted by Crippen LogP contribution is 2.26. The summed E-state index contributed by atoms with van der Waals surface area (Å²) in [6, 6.07) is 9.02. The highest BCUT2D eigenvalue weighted by molar-refractivity contribution is 6.58. The van der Waals surface area contributed by atoms with Crippen molar-refractivity contribution in [3.05, 3.63) is 54.1 Å². The predicted octanol–water partition coefficient (Wildman–Crippen LogP) is 0.421. The molecule has 114 valence electrons. The van der Waals surface area contributed by atoms with Crippen molar-refractivity contribution in [3.63, 3.8) is 0 Å². The van der Waals surface area contributed by atoms with Gasteiger partial charge in [-0.15, -0.1) is 0 Å². The summed E-state index contributed by atoms with van der Waals surface area (Å²) in [5, 5.41) is 32.1. The van der Waals surface area contributed by atoms with Gasteiger partial charge in [-0.25, -0.2) is 4.52 Å². The van der Waals surface area contributed by atoms with Gasteiger partial charge in [0.15, 0.2) is 0 Å². The van der Waals surface area contributed by atoms with Crippen LogP contribution in [-0.2, 0) is 0 Å². The number of nitriles is 1. The van der Waals surface area contributed by atoms with E-state index in [1.54, 1.807) is 6.20 Å². The molecule has 0 aliphatic heterocycles. The molecule has 0 saturated heterocycles. The Morgan fingerprint density at radius 3 is 2.87 bits per heavy atom. The lowest BCUT2D eigenvalue weighted by atomic mass is 9.81. The van der Waals surface area contributed by atoms with E-state index in [4.69, 9.17) is 4.74 Å². The zero-order chi connectivity index (χ0) is 16.4. The third-order valence-electron chi connectivity index (χ3n) is 3.42. The summed E-state index contributed by atoms with van der Waals surface area (Å²) < 4.78 is 7.31. The van der Waals surface area contributed by atoms with E-state index in [0.29, 0.717) is 16.8 Å². The summed E-state index contributed by atoms with van der Waals surface area (Å²) in [6.45, 7) is 1.82. The zero-order valence-corrected chi connectivity index (χ0v) is 12.3. The topological polar surface area (TPSA) is 104 Å². The SMILES string of the molecule is C[C@@H](Oc1cc(B(O)O)cn2ncc(C#N)c12)c1ccccn1. The molecule has 1 atom stereocenters. The molecule has 3 heterocycles. The molecule has 23 heavy (non-hydrogen) atoms. The molecule has 0 spiro atoms. The van der Waals surface area contributed by atoms with E-state index in [1.165, 1.54) is 23.0 Å². The van der Waals surface area contributed by atoms with Crippen LogP contribution in [0.1, 0.15) is 24.3 Å². The first-order chi connectivity index (χ1) is 11.1. The Labute approximate surface area is 132 Å². The zero-order valence-electron chi connectivity index (χ0n) is 12.3. The number of pyridine rings is 2. The van der Waals surface area contributed by atoms with Crippen LogP contribution in [0.2, 0.25) is 0 Å². The first-order valence-corrected chi connectivity index (χ1v) is 6.95. The van der Waals surface area contributed by atoms with E-state index < -0.39 is 7.12 Å². The fourth-order valence-electron chi connectivity index (χ4n) is 2.28. The number of ether oxygens (including phenoxy) is 1. The monoisotopic (exact) mass is 308 g/mol. The molecule has 0 aliphatic carbocycles. The van der Waals surface area contributed by atoms with Gasteiger partial charge >= 0.3 is 7.12 Å². The first-order valence-electron chi connectivity index (χ1n) is 6.95. The molecule has 0 amide bonds. The molecule has 0 fully saturated rings. The Morgan fingerprint density at radius 2 is 2.22 bits per heavy atom. The second-order valence-corrected chi connectivity index (χ2v) is 4.99. The minimum atomic E-state index is -1.67. The molecule has 3 aromatic heterocycles. The van der Waals surface area contributed by atoms with Crippen LogP contribution >= 0.6 is 0 Å². The van der Waals surface area contributed by atoms with E-state index >= 15 is 0 Å². The molecular weight excluding hydrogens is 295 g/mol. The second kappa shape index (κ2) is 6.08. The van der Waals surface area contributed by atoms with Gasteiger partial charge < -0.3 is 14.8 Å². The van der Waals surface area contributed by atoms with E-state index in [9.17, 15) is 15.3 Å². The van der Waals surface area contributed by atoms with Crippen molar-refractivity contribution in [3.8, 4) is 11.8 Å². The van der Waals surface area contributed by atoms with Crippen molar-refractivity contribution in [2.24, 2.45) is 0 Å². The summed E-state index contributed by atoms with van der Waals surface area (Å²) in [7, 11) is -1.67. The third kappa shape index (κ3) is 2.88. The van der Waals surface area contributed by atoms with Crippen molar-refractivity contribution < 1.29 is 14.8 Å². The van der Waals surface area contributed by atoms with E-state index in [0.717, 1.165) is 5.69 Å². The summed E-state index contributed by atoms with van der Waals surface area (Å²) in [5.74, 6) is 0.336. The van der Waals surface area contributed by atoms with Gasteiger partial charge in [-0.2, -0.15) is 10.4 Å². The Hall–Kier alpha value is -2.89. The standard InChI is InChI=1S/C15H13BN4O3/c1-10(13-4-2-3-5-18-13)23-14-6-12(16(21)22)9-20-15(14)11(7-17)8-19-20/h2-6,8-10,21-22H,1H3/t10-/m1/s1. The lowest BCUT2D eigenvalue weighted by Gasteiger charge is -2.16. The van der Waals surface area contributed by atoms with Gasteiger partial charge in [0.1, 0.15) is 29.0 Å². The summed E-state index contributed by atoms with van der Waals surface area (Å²) >= 11 is 0. The number of hydrogen-bond donors (Lipinski definition) is 2. The van der Waals surface area contributed by atoms with Gasteiger partial charge in [0.2, 0.25) is 0 Å². The van der Waals surface area contributed by atoms with Crippen LogP contribution in [0.5, 0.6) is 5.75 Å². The molecule has 0 radical (unpaired) electrons. The maximum absolute atomic E-state index is 9.40. The second-order valence-electron chi connectivity index (χ2n) is 4.99. The fourth-order valence-corrected chi connectivity index (χ4v) is 2.28. The molecule has 0 saturated carbocycles. The number of hydrogen-bond acceptors (Lipinski definition) is 6. The number of aromatic nitrogens is 3. The normalized spacial score (nSPS) is 11.9. The van der Waals surface area contributed by atoms with Crippen LogP contribution in [0, 0.1) is 11.3 Å². The van der Waals surface area contributed by atoms with Crippen molar-refractivity contribution in [2.75, 3.05) is 0 Å². The molecule has 2 N–H and O–H groups in total. The number of fused-ring (bicyclic) bond motifs is 1. The lowest BCUT2D eigenvalue weighted by Crippen LogP contribution is -2.31. The van der Waals surface area contributed by atoms with Crippen LogP contribution in [0.4, 0.5) is 0 Å². The minimum Gasteiger partial charge on any atom is -0.482 e. The lowest BCUT2D eigenvalue weighted by molar-refractivity contribution is 0.224. The highest BCUT2D eigenvalue weighted by Gasteiger charge is 2.20. The predicted molar refractivity (Wildman–Crippen MR) is 83.0 cm³/mol. The van der Waals surface area contributed by atoms with Gasteiger partial charge in [-0.05, 0) is 25.1 Å². The number of nitrogens with zero attached hydrogens (tertiary/aromatic N) is 4. The summed E-state index contributed by atoms with van der Waals surface area (Å²) in [5.41, 5.74) is 1.75. The molecule has 3 rings (SSSR count). The maximum Gasteiger partial charge on any atom is 0.490 e. The quantitative estimate of drug-likeness (QED) is 0.677. The molecule has 3 aromatic rings. The van der Waals surface area contributed by atoms with Gasteiger partial charge in [-0.1, -0.05) is 6.07 Å².